The number of carbonyl (C=O) groups is 2. The molecule has 1 amide bonds. The molecule has 1 aliphatic heterocycles. The molecular weight excluding hydrogens is 554 g/mol. The molecule has 0 saturated carbocycles. The molecule has 0 unspecified atom stereocenters. The van der Waals surface area contributed by atoms with Crippen molar-refractivity contribution in [2.45, 2.75) is 19.9 Å². The van der Waals surface area contributed by atoms with Crippen LogP contribution < -0.4 is 29.7 Å². The fourth-order valence-corrected chi connectivity index (χ4v) is 5.80. The highest BCUT2D eigenvalue weighted by molar-refractivity contribution is 7.07. The lowest BCUT2D eigenvalue weighted by atomic mass is 9.94. The number of methoxy groups -OCH3 is 2. The van der Waals surface area contributed by atoms with E-state index in [9.17, 15) is 14.4 Å². The highest BCUT2D eigenvalue weighted by Crippen LogP contribution is 2.37. The Morgan fingerprint density at radius 2 is 1.76 bits per heavy atom. The first-order valence-corrected chi connectivity index (χ1v) is 14.0. The van der Waals surface area contributed by atoms with E-state index in [4.69, 9.17) is 14.2 Å². The van der Waals surface area contributed by atoms with Crippen molar-refractivity contribution in [3.05, 3.63) is 120 Å². The molecular formula is C32H29N3O6S. The zero-order valence-corrected chi connectivity index (χ0v) is 24.4. The molecule has 0 spiro atoms. The van der Waals surface area contributed by atoms with E-state index in [-0.39, 0.29) is 18.1 Å². The van der Waals surface area contributed by atoms with E-state index in [1.165, 1.54) is 23.0 Å². The van der Waals surface area contributed by atoms with Gasteiger partial charge in [0.05, 0.1) is 42.2 Å². The van der Waals surface area contributed by atoms with Crippen molar-refractivity contribution in [3.63, 3.8) is 0 Å². The van der Waals surface area contributed by atoms with Gasteiger partial charge in [0.25, 0.3) is 11.5 Å². The minimum atomic E-state index is -0.820. The summed E-state index contributed by atoms with van der Waals surface area (Å²) in [5, 5.41) is 2.94. The summed E-state index contributed by atoms with van der Waals surface area (Å²) >= 11 is 1.22. The summed E-state index contributed by atoms with van der Waals surface area (Å²) in [6.07, 6.45) is 1.74. The predicted molar refractivity (Wildman–Crippen MR) is 161 cm³/mol. The highest BCUT2D eigenvalue weighted by Gasteiger charge is 2.34. The third-order valence-corrected chi connectivity index (χ3v) is 7.74. The largest absolute Gasteiger partial charge is 0.497 e. The first-order valence-electron chi connectivity index (χ1n) is 13.2. The summed E-state index contributed by atoms with van der Waals surface area (Å²) in [5.74, 6) is 0.247. The summed E-state index contributed by atoms with van der Waals surface area (Å²) in [6.45, 7) is 3.79. The molecule has 214 valence electrons. The molecule has 1 aromatic heterocycles. The number of hydrogen-bond donors (Lipinski definition) is 1. The van der Waals surface area contributed by atoms with Crippen molar-refractivity contribution in [2.24, 2.45) is 4.99 Å². The van der Waals surface area contributed by atoms with Crippen molar-refractivity contribution in [2.75, 3.05) is 26.1 Å². The van der Waals surface area contributed by atoms with Gasteiger partial charge in [-0.1, -0.05) is 41.7 Å². The van der Waals surface area contributed by atoms with Crippen LogP contribution in [0.15, 0.2) is 93.9 Å². The van der Waals surface area contributed by atoms with Gasteiger partial charge >= 0.3 is 5.97 Å². The number of fused-ring (bicyclic) bond motifs is 1. The zero-order valence-electron chi connectivity index (χ0n) is 23.5. The highest BCUT2D eigenvalue weighted by atomic mass is 32.1. The minimum absolute atomic E-state index is 0.284. The number of rotatable bonds is 8. The van der Waals surface area contributed by atoms with Crippen LogP contribution in [-0.4, -0.2) is 37.3 Å². The topological polar surface area (TPSA) is 108 Å². The van der Waals surface area contributed by atoms with E-state index < -0.39 is 12.0 Å². The average molecular weight is 584 g/mol. The number of para-hydroxylation sites is 1. The first-order chi connectivity index (χ1) is 20.3. The lowest BCUT2D eigenvalue weighted by molar-refractivity contribution is -0.113. The minimum Gasteiger partial charge on any atom is -0.497 e. The van der Waals surface area contributed by atoms with Crippen LogP contribution in [0.25, 0.3) is 6.08 Å². The Morgan fingerprint density at radius 3 is 2.43 bits per heavy atom. The molecule has 4 aromatic rings. The number of hydrogen-bond acceptors (Lipinski definition) is 8. The van der Waals surface area contributed by atoms with Gasteiger partial charge in [-0.2, -0.15) is 0 Å². The lowest BCUT2D eigenvalue weighted by Gasteiger charge is -2.26. The molecule has 0 bridgehead atoms. The molecule has 2 heterocycles. The zero-order chi connectivity index (χ0) is 29.8. The summed E-state index contributed by atoms with van der Waals surface area (Å²) in [4.78, 5) is 45.0. The number of carbonyl (C=O) groups excluding carboxylic acids is 2. The molecule has 42 heavy (non-hydrogen) atoms. The maximum absolute atomic E-state index is 14.0. The van der Waals surface area contributed by atoms with E-state index in [0.29, 0.717) is 48.9 Å². The summed E-state index contributed by atoms with van der Waals surface area (Å²) < 4.78 is 18.1. The number of anilines is 1. The quantitative estimate of drug-likeness (QED) is 0.314. The van der Waals surface area contributed by atoms with Crippen LogP contribution in [0.4, 0.5) is 5.69 Å². The molecule has 0 fully saturated rings. The number of allylic oxidation sites excluding steroid dienone is 1. The predicted octanol–water partition coefficient (Wildman–Crippen LogP) is 4.07. The number of benzene rings is 3. The molecule has 0 aliphatic carbocycles. The first kappa shape index (κ1) is 28.6. The third kappa shape index (κ3) is 5.61. The molecule has 1 N–H and O–H groups in total. The van der Waals surface area contributed by atoms with Gasteiger partial charge in [0.1, 0.15) is 17.5 Å². The molecule has 0 saturated heterocycles. The second kappa shape index (κ2) is 12.3. The van der Waals surface area contributed by atoms with Gasteiger partial charge in [0.15, 0.2) is 4.80 Å². The van der Waals surface area contributed by atoms with Crippen LogP contribution in [0.1, 0.15) is 41.4 Å². The van der Waals surface area contributed by atoms with E-state index in [2.05, 4.69) is 10.3 Å². The van der Waals surface area contributed by atoms with Crippen molar-refractivity contribution < 1.29 is 23.8 Å². The van der Waals surface area contributed by atoms with Gasteiger partial charge in [-0.3, -0.25) is 14.2 Å². The van der Waals surface area contributed by atoms with Gasteiger partial charge in [0.2, 0.25) is 0 Å². The van der Waals surface area contributed by atoms with Crippen LogP contribution in [0, 0.1) is 0 Å². The molecule has 3 aromatic carbocycles. The van der Waals surface area contributed by atoms with Gasteiger partial charge in [-0.05, 0) is 61.9 Å². The maximum atomic E-state index is 14.0. The summed E-state index contributed by atoms with van der Waals surface area (Å²) in [7, 11) is 3.09. The Hall–Kier alpha value is -4.96. The van der Waals surface area contributed by atoms with Gasteiger partial charge in [0, 0.05) is 17.3 Å². The Morgan fingerprint density at radius 1 is 1.02 bits per heavy atom. The molecule has 10 heteroatoms. The smallest absolute Gasteiger partial charge is 0.338 e. The SMILES string of the molecule is CCOC(=O)c1ccc(/C=c2\sc3n(c2=O)[C@H](c2ccc(OC)cc2OC)C(C(=O)Nc2ccccc2)=C(C)N=3)cc1. The number of nitrogens with zero attached hydrogens (tertiary/aromatic N) is 2. The van der Waals surface area contributed by atoms with Gasteiger partial charge < -0.3 is 19.5 Å². The Labute approximate surface area is 246 Å². The van der Waals surface area contributed by atoms with E-state index in [1.807, 2.05) is 18.2 Å². The van der Waals surface area contributed by atoms with Crippen molar-refractivity contribution >= 4 is 35.0 Å². The van der Waals surface area contributed by atoms with Crippen LogP contribution in [-0.2, 0) is 9.53 Å². The van der Waals surface area contributed by atoms with Gasteiger partial charge in [-0.25, -0.2) is 9.79 Å². The molecule has 9 nitrogen and oxygen atoms in total. The van der Waals surface area contributed by atoms with E-state index >= 15 is 0 Å². The lowest BCUT2D eigenvalue weighted by Crippen LogP contribution is -2.40. The Bertz CT molecular complexity index is 1860. The number of thiazole rings is 1. The van der Waals surface area contributed by atoms with E-state index in [1.54, 1.807) is 81.6 Å². The van der Waals surface area contributed by atoms with Crippen molar-refractivity contribution in [3.8, 4) is 11.5 Å². The molecule has 1 aliphatic rings. The van der Waals surface area contributed by atoms with E-state index in [0.717, 1.165) is 5.56 Å². The second-order valence-electron chi connectivity index (χ2n) is 9.35. The normalized spacial score (nSPS) is 14.6. The fourth-order valence-electron chi connectivity index (χ4n) is 4.75. The molecule has 5 rings (SSSR count). The molecule has 0 radical (unpaired) electrons. The number of esters is 1. The van der Waals surface area contributed by atoms with Crippen LogP contribution >= 0.6 is 11.3 Å². The van der Waals surface area contributed by atoms with Gasteiger partial charge in [-0.15, -0.1) is 0 Å². The Kier molecular flexibility index (Phi) is 8.35. The van der Waals surface area contributed by atoms with Crippen molar-refractivity contribution in [1.29, 1.82) is 0 Å². The number of ether oxygens (including phenoxy) is 3. The number of aromatic nitrogens is 1. The van der Waals surface area contributed by atoms with Crippen molar-refractivity contribution in [1.82, 2.24) is 4.57 Å². The van der Waals surface area contributed by atoms with Crippen LogP contribution in [0.2, 0.25) is 0 Å². The monoisotopic (exact) mass is 583 g/mol. The average Bonchev–Trinajstić information content (AvgIpc) is 3.30. The third-order valence-electron chi connectivity index (χ3n) is 6.75. The second-order valence-corrected chi connectivity index (χ2v) is 10.4. The standard InChI is InChI=1S/C32H29N3O6S/c1-5-41-31(38)21-13-11-20(12-14-21)17-26-30(37)35-28(24-16-15-23(39-3)18-25(24)40-4)27(19(2)33-32(35)42-26)29(36)34-22-9-7-6-8-10-22/h6-18,28H,5H2,1-4H3,(H,34,36)/b26-17-/t28-/m1/s1. The maximum Gasteiger partial charge on any atom is 0.338 e. The summed E-state index contributed by atoms with van der Waals surface area (Å²) in [6, 6.07) is 20.4. The summed E-state index contributed by atoms with van der Waals surface area (Å²) in [5.41, 5.74) is 2.87. The Balaban J connectivity index is 1.65. The number of nitrogens with one attached hydrogen (secondary N) is 1. The fraction of sp³-hybridized carbons (Fsp3) is 0.188. The van der Waals surface area contributed by atoms with Crippen LogP contribution in [0.5, 0.6) is 11.5 Å². The number of amides is 1. The van der Waals surface area contributed by atoms with Crippen LogP contribution in [0.3, 0.4) is 0 Å². The molecule has 1 atom stereocenters.